The average Bonchev–Trinajstić information content (AvgIpc) is 2.58. The lowest BCUT2D eigenvalue weighted by Gasteiger charge is -2.35. The summed E-state index contributed by atoms with van der Waals surface area (Å²) >= 11 is 0. The van der Waals surface area contributed by atoms with E-state index in [0.29, 0.717) is 19.0 Å². The molecule has 140 valence electrons. The van der Waals surface area contributed by atoms with Crippen LogP contribution in [0.4, 0.5) is 0 Å². The largest absolute Gasteiger partial charge is 0.299 e. The van der Waals surface area contributed by atoms with Crippen LogP contribution in [0.2, 0.25) is 0 Å². The van der Waals surface area contributed by atoms with Crippen molar-refractivity contribution in [1.82, 2.24) is 13.9 Å². The third-order valence-corrected chi connectivity index (χ3v) is 7.16. The zero-order chi connectivity index (χ0) is 17.9. The van der Waals surface area contributed by atoms with Gasteiger partial charge in [-0.05, 0) is 49.7 Å². The van der Waals surface area contributed by atoms with Gasteiger partial charge in [0, 0.05) is 38.8 Å². The zero-order valence-electron chi connectivity index (χ0n) is 15.4. The van der Waals surface area contributed by atoms with Gasteiger partial charge in [0.15, 0.2) is 0 Å². The van der Waals surface area contributed by atoms with Crippen LogP contribution in [0, 0.1) is 12.8 Å². The molecule has 5 nitrogen and oxygen atoms in total. The first-order valence-electron chi connectivity index (χ1n) is 9.48. The Morgan fingerprint density at radius 1 is 1.12 bits per heavy atom. The molecule has 6 heteroatoms. The van der Waals surface area contributed by atoms with Crippen molar-refractivity contribution in [3.05, 3.63) is 35.4 Å². The van der Waals surface area contributed by atoms with Crippen molar-refractivity contribution in [3.8, 4) is 0 Å². The molecule has 1 unspecified atom stereocenters. The molecule has 2 saturated heterocycles. The number of benzene rings is 1. The first-order valence-corrected chi connectivity index (χ1v) is 10.9. The van der Waals surface area contributed by atoms with Gasteiger partial charge in [0.05, 0.1) is 0 Å². The summed E-state index contributed by atoms with van der Waals surface area (Å²) in [7, 11) is -3.33. The highest BCUT2D eigenvalue weighted by Gasteiger charge is 2.30. The summed E-state index contributed by atoms with van der Waals surface area (Å²) in [4.78, 5) is 2.43. The predicted octanol–water partition coefficient (Wildman–Crippen LogP) is 2.53. The van der Waals surface area contributed by atoms with Crippen LogP contribution in [0.25, 0.3) is 0 Å². The van der Waals surface area contributed by atoms with Crippen molar-refractivity contribution in [2.75, 3.05) is 26.2 Å². The van der Waals surface area contributed by atoms with E-state index in [1.165, 1.54) is 11.1 Å². The van der Waals surface area contributed by atoms with E-state index in [9.17, 15) is 8.42 Å². The van der Waals surface area contributed by atoms with E-state index in [4.69, 9.17) is 0 Å². The smallest absolute Gasteiger partial charge is 0.279 e. The molecular formula is C19H31N3O2S. The van der Waals surface area contributed by atoms with E-state index in [1.807, 2.05) is 0 Å². The molecule has 1 N–H and O–H groups in total. The standard InChI is InChI=1S/C19H31N3O2S/c1-16-6-5-11-22(14-16)25(23,24)20-19-9-12-21(13-10-19)15-18-8-4-3-7-17(18)2/h3-4,7-8,16,19-20H,5-6,9-15H2,1-2H3. The molecule has 2 aliphatic heterocycles. The van der Waals surface area contributed by atoms with Crippen molar-refractivity contribution in [3.63, 3.8) is 0 Å². The topological polar surface area (TPSA) is 52.7 Å². The minimum Gasteiger partial charge on any atom is -0.299 e. The van der Waals surface area contributed by atoms with Crippen LogP contribution in [-0.4, -0.2) is 49.8 Å². The van der Waals surface area contributed by atoms with Gasteiger partial charge in [0.2, 0.25) is 0 Å². The van der Waals surface area contributed by atoms with Gasteiger partial charge in [-0.3, -0.25) is 4.90 Å². The van der Waals surface area contributed by atoms with Gasteiger partial charge >= 0.3 is 0 Å². The van der Waals surface area contributed by atoms with Gasteiger partial charge in [-0.2, -0.15) is 17.4 Å². The molecule has 0 spiro atoms. The highest BCUT2D eigenvalue weighted by Crippen LogP contribution is 2.20. The number of nitrogens with one attached hydrogen (secondary N) is 1. The van der Waals surface area contributed by atoms with Crippen LogP contribution < -0.4 is 4.72 Å². The maximum absolute atomic E-state index is 12.6. The highest BCUT2D eigenvalue weighted by molar-refractivity contribution is 7.87. The molecule has 0 aliphatic carbocycles. The lowest BCUT2D eigenvalue weighted by molar-refractivity contribution is 0.197. The number of aryl methyl sites for hydroxylation is 1. The highest BCUT2D eigenvalue weighted by atomic mass is 32.2. The van der Waals surface area contributed by atoms with Gasteiger partial charge in [-0.15, -0.1) is 0 Å². The Balaban J connectivity index is 1.50. The molecule has 1 aromatic rings. The minimum atomic E-state index is -3.33. The monoisotopic (exact) mass is 365 g/mol. The van der Waals surface area contributed by atoms with Crippen molar-refractivity contribution < 1.29 is 8.42 Å². The van der Waals surface area contributed by atoms with Gasteiger partial charge in [-0.25, -0.2) is 0 Å². The summed E-state index contributed by atoms with van der Waals surface area (Å²) in [5.74, 6) is 0.460. The quantitative estimate of drug-likeness (QED) is 0.872. The molecule has 2 fully saturated rings. The van der Waals surface area contributed by atoms with Gasteiger partial charge in [0.1, 0.15) is 0 Å². The molecule has 2 aliphatic rings. The number of nitrogens with zero attached hydrogens (tertiary/aromatic N) is 2. The van der Waals surface area contributed by atoms with E-state index >= 15 is 0 Å². The Morgan fingerprint density at radius 3 is 2.52 bits per heavy atom. The number of piperidine rings is 2. The maximum Gasteiger partial charge on any atom is 0.279 e. The Labute approximate surface area is 152 Å². The average molecular weight is 366 g/mol. The van der Waals surface area contributed by atoms with Crippen LogP contribution >= 0.6 is 0 Å². The van der Waals surface area contributed by atoms with E-state index in [-0.39, 0.29) is 6.04 Å². The molecule has 1 aromatic carbocycles. The molecule has 0 saturated carbocycles. The fraction of sp³-hybridized carbons (Fsp3) is 0.684. The number of rotatable bonds is 5. The first-order chi connectivity index (χ1) is 11.9. The van der Waals surface area contributed by atoms with Crippen molar-refractivity contribution in [2.24, 2.45) is 5.92 Å². The minimum absolute atomic E-state index is 0.0651. The summed E-state index contributed by atoms with van der Waals surface area (Å²) in [6, 6.07) is 8.55. The Kier molecular flexibility index (Phi) is 6.15. The molecule has 0 radical (unpaired) electrons. The zero-order valence-corrected chi connectivity index (χ0v) is 16.3. The molecule has 25 heavy (non-hydrogen) atoms. The van der Waals surface area contributed by atoms with Gasteiger partial charge < -0.3 is 0 Å². The lowest BCUT2D eigenvalue weighted by atomic mass is 10.0. The predicted molar refractivity (Wildman–Crippen MR) is 102 cm³/mol. The summed E-state index contributed by atoms with van der Waals surface area (Å²) in [5, 5.41) is 0. The molecule has 1 atom stereocenters. The summed E-state index contributed by atoms with van der Waals surface area (Å²) in [6.45, 7) is 8.43. The normalized spacial score (nSPS) is 24.5. The Morgan fingerprint density at radius 2 is 1.84 bits per heavy atom. The van der Waals surface area contributed by atoms with E-state index < -0.39 is 10.2 Å². The summed E-state index contributed by atoms with van der Waals surface area (Å²) < 4.78 is 29.8. The Hall–Kier alpha value is -0.950. The second-order valence-corrected chi connectivity index (χ2v) is 9.41. The SMILES string of the molecule is Cc1ccccc1CN1CCC(NS(=O)(=O)N2CCCC(C)C2)CC1. The molecule has 0 bridgehead atoms. The van der Waals surface area contributed by atoms with E-state index in [1.54, 1.807) is 4.31 Å². The van der Waals surface area contributed by atoms with Crippen LogP contribution in [0.15, 0.2) is 24.3 Å². The van der Waals surface area contributed by atoms with Crippen molar-refractivity contribution in [1.29, 1.82) is 0 Å². The third kappa shape index (κ3) is 5.03. The fourth-order valence-corrected chi connectivity index (χ4v) is 5.51. The molecule has 3 rings (SSSR count). The van der Waals surface area contributed by atoms with Gasteiger partial charge in [0.25, 0.3) is 10.2 Å². The van der Waals surface area contributed by atoms with Crippen LogP contribution in [0.1, 0.15) is 43.7 Å². The molecule has 0 aromatic heterocycles. The number of hydrogen-bond donors (Lipinski definition) is 1. The van der Waals surface area contributed by atoms with Crippen molar-refractivity contribution in [2.45, 2.75) is 52.1 Å². The van der Waals surface area contributed by atoms with Gasteiger partial charge in [-0.1, -0.05) is 31.2 Å². The lowest BCUT2D eigenvalue weighted by Crippen LogP contribution is -2.51. The second-order valence-electron chi connectivity index (χ2n) is 7.71. The van der Waals surface area contributed by atoms with Crippen molar-refractivity contribution >= 4 is 10.2 Å². The number of hydrogen-bond acceptors (Lipinski definition) is 3. The Bertz CT molecular complexity index is 669. The second kappa shape index (κ2) is 8.16. The molecule has 0 amide bonds. The first kappa shape index (κ1) is 18.8. The molecule has 2 heterocycles. The maximum atomic E-state index is 12.6. The van der Waals surface area contributed by atoms with E-state index in [2.05, 4.69) is 47.7 Å². The molecular weight excluding hydrogens is 334 g/mol. The third-order valence-electron chi connectivity index (χ3n) is 5.52. The van der Waals surface area contributed by atoms with Crippen LogP contribution in [0.3, 0.4) is 0 Å². The number of likely N-dealkylation sites (tertiary alicyclic amines) is 1. The van der Waals surface area contributed by atoms with Crippen LogP contribution in [-0.2, 0) is 16.8 Å². The summed E-state index contributed by atoms with van der Waals surface area (Å²) in [5.41, 5.74) is 2.69. The van der Waals surface area contributed by atoms with E-state index in [0.717, 1.165) is 45.3 Å². The van der Waals surface area contributed by atoms with Crippen LogP contribution in [0.5, 0.6) is 0 Å². The summed E-state index contributed by atoms with van der Waals surface area (Å²) in [6.07, 6.45) is 3.86. The fourth-order valence-electron chi connectivity index (χ4n) is 3.89.